The maximum atomic E-state index is 5.91. The molecule has 0 atom stereocenters. The van der Waals surface area contributed by atoms with Crippen molar-refractivity contribution < 1.29 is 4.74 Å². The van der Waals surface area contributed by atoms with Crippen molar-refractivity contribution in [2.24, 2.45) is 5.92 Å². The molecule has 1 fully saturated rings. The predicted octanol–water partition coefficient (Wildman–Crippen LogP) is 5.12. The van der Waals surface area contributed by atoms with E-state index in [1.54, 1.807) is 0 Å². The summed E-state index contributed by atoms with van der Waals surface area (Å²) in [6, 6.07) is 14.8. The lowest BCUT2D eigenvalue weighted by atomic mass is 9.99. The maximum absolute atomic E-state index is 5.91. The Morgan fingerprint density at radius 3 is 2.57 bits per heavy atom. The lowest BCUT2D eigenvalue weighted by Crippen LogP contribution is -2.33. The number of nitrogens with zero attached hydrogens (tertiary/aromatic N) is 1. The van der Waals surface area contributed by atoms with Gasteiger partial charge in [0.2, 0.25) is 0 Å². The summed E-state index contributed by atoms with van der Waals surface area (Å²) in [5.74, 6) is 1.93. The highest BCUT2D eigenvalue weighted by molar-refractivity contribution is 5.83. The molecule has 0 aromatic heterocycles. The molecule has 0 saturated carbocycles. The molecule has 124 valence electrons. The van der Waals surface area contributed by atoms with Crippen molar-refractivity contribution in [3.8, 4) is 5.75 Å². The van der Waals surface area contributed by atoms with Crippen molar-refractivity contribution in [3.05, 3.63) is 42.5 Å². The fraction of sp³-hybridized carbons (Fsp3) is 0.524. The summed E-state index contributed by atoms with van der Waals surface area (Å²) in [6.07, 6.45) is 6.47. The monoisotopic (exact) mass is 311 g/mol. The summed E-state index contributed by atoms with van der Waals surface area (Å²) in [6.45, 7) is 7.07. The van der Waals surface area contributed by atoms with Gasteiger partial charge < -0.3 is 9.64 Å². The molecule has 0 amide bonds. The molecule has 1 aliphatic heterocycles. The Hall–Kier alpha value is -1.54. The van der Waals surface area contributed by atoms with Crippen LogP contribution in [0.3, 0.4) is 0 Å². The third-order valence-corrected chi connectivity index (χ3v) is 4.98. The van der Waals surface area contributed by atoms with Crippen LogP contribution in [0.15, 0.2) is 42.5 Å². The van der Waals surface area contributed by atoms with Crippen LogP contribution in [0, 0.1) is 5.92 Å². The van der Waals surface area contributed by atoms with E-state index in [0.29, 0.717) is 0 Å². The van der Waals surface area contributed by atoms with Crippen LogP contribution in [0.5, 0.6) is 5.75 Å². The topological polar surface area (TPSA) is 12.5 Å². The van der Waals surface area contributed by atoms with Gasteiger partial charge in [-0.1, -0.05) is 37.3 Å². The third-order valence-electron chi connectivity index (χ3n) is 4.98. The van der Waals surface area contributed by atoms with Crippen molar-refractivity contribution in [2.45, 2.75) is 39.0 Å². The first-order valence-electron chi connectivity index (χ1n) is 9.15. The fourth-order valence-corrected chi connectivity index (χ4v) is 3.35. The van der Waals surface area contributed by atoms with Gasteiger partial charge in [-0.2, -0.15) is 0 Å². The van der Waals surface area contributed by atoms with Crippen LogP contribution in [0.25, 0.3) is 10.8 Å². The van der Waals surface area contributed by atoms with E-state index >= 15 is 0 Å². The molecule has 23 heavy (non-hydrogen) atoms. The van der Waals surface area contributed by atoms with E-state index in [1.165, 1.54) is 56.1 Å². The molecule has 3 rings (SSSR count). The quantitative estimate of drug-likeness (QED) is 0.658. The second-order valence-electron chi connectivity index (χ2n) is 6.94. The van der Waals surface area contributed by atoms with Crippen LogP contribution in [0.1, 0.15) is 39.0 Å². The van der Waals surface area contributed by atoms with E-state index in [9.17, 15) is 0 Å². The molecular formula is C21H29NO. The largest absolute Gasteiger partial charge is 0.494 e. The molecule has 0 radical (unpaired) electrons. The summed E-state index contributed by atoms with van der Waals surface area (Å²) in [5.41, 5.74) is 0. The highest BCUT2D eigenvalue weighted by Gasteiger charge is 2.14. The van der Waals surface area contributed by atoms with Crippen LogP contribution in [0.4, 0.5) is 0 Å². The van der Waals surface area contributed by atoms with E-state index in [4.69, 9.17) is 4.74 Å². The minimum atomic E-state index is 0.829. The SMILES string of the molecule is CC1CCN(CCCCCOc2ccc3ccccc3c2)CC1. The molecule has 2 aromatic rings. The second-order valence-corrected chi connectivity index (χ2v) is 6.94. The van der Waals surface area contributed by atoms with Crippen LogP contribution in [0.2, 0.25) is 0 Å². The molecule has 0 N–H and O–H groups in total. The van der Waals surface area contributed by atoms with Crippen molar-refractivity contribution in [1.29, 1.82) is 0 Å². The summed E-state index contributed by atoms with van der Waals surface area (Å²) >= 11 is 0. The summed E-state index contributed by atoms with van der Waals surface area (Å²) < 4.78 is 5.91. The lowest BCUT2D eigenvalue weighted by molar-refractivity contribution is 0.187. The van der Waals surface area contributed by atoms with E-state index in [1.807, 2.05) is 0 Å². The van der Waals surface area contributed by atoms with Crippen molar-refractivity contribution in [2.75, 3.05) is 26.2 Å². The Bertz CT molecular complexity index is 602. The zero-order valence-electron chi connectivity index (χ0n) is 14.3. The smallest absolute Gasteiger partial charge is 0.119 e. The molecule has 1 aliphatic rings. The summed E-state index contributed by atoms with van der Waals surface area (Å²) in [7, 11) is 0. The summed E-state index contributed by atoms with van der Waals surface area (Å²) in [5, 5.41) is 2.53. The van der Waals surface area contributed by atoms with Crippen LogP contribution in [-0.2, 0) is 0 Å². The standard InChI is InChI=1S/C21H29NO/c1-18-11-14-22(15-12-18)13-5-2-6-16-23-21-10-9-19-7-3-4-8-20(19)17-21/h3-4,7-10,17-18H,2,5-6,11-16H2,1H3. The first-order chi connectivity index (χ1) is 11.3. The van der Waals surface area contributed by atoms with Crippen molar-refractivity contribution in [3.63, 3.8) is 0 Å². The lowest BCUT2D eigenvalue weighted by Gasteiger charge is -2.30. The first kappa shape index (κ1) is 16.3. The van der Waals surface area contributed by atoms with Crippen molar-refractivity contribution in [1.82, 2.24) is 4.90 Å². The fourth-order valence-electron chi connectivity index (χ4n) is 3.35. The third kappa shape index (κ3) is 4.97. The molecule has 1 saturated heterocycles. The van der Waals surface area contributed by atoms with Gasteiger partial charge in [-0.15, -0.1) is 0 Å². The van der Waals surface area contributed by atoms with Gasteiger partial charge in [-0.25, -0.2) is 0 Å². The predicted molar refractivity (Wildman–Crippen MR) is 98.1 cm³/mol. The van der Waals surface area contributed by atoms with E-state index in [-0.39, 0.29) is 0 Å². The molecule has 0 unspecified atom stereocenters. The number of hydrogen-bond donors (Lipinski definition) is 0. The van der Waals surface area contributed by atoms with Crippen LogP contribution < -0.4 is 4.74 Å². The molecule has 0 bridgehead atoms. The summed E-state index contributed by atoms with van der Waals surface area (Å²) in [4.78, 5) is 2.63. The van der Waals surface area contributed by atoms with E-state index < -0.39 is 0 Å². The van der Waals surface area contributed by atoms with Gasteiger partial charge in [0.05, 0.1) is 6.61 Å². The first-order valence-corrected chi connectivity index (χ1v) is 9.15. The second kappa shape index (κ2) is 8.35. The van der Waals surface area contributed by atoms with Gasteiger partial charge in [-0.3, -0.25) is 0 Å². The number of ether oxygens (including phenoxy) is 1. The van der Waals surface area contributed by atoms with Crippen LogP contribution in [-0.4, -0.2) is 31.1 Å². The average Bonchev–Trinajstić information content (AvgIpc) is 2.59. The molecule has 0 spiro atoms. The number of rotatable bonds is 7. The van der Waals surface area contributed by atoms with Gasteiger partial charge in [0.15, 0.2) is 0 Å². The highest BCUT2D eigenvalue weighted by Crippen LogP contribution is 2.21. The zero-order chi connectivity index (χ0) is 15.9. The minimum Gasteiger partial charge on any atom is -0.494 e. The minimum absolute atomic E-state index is 0.829. The maximum Gasteiger partial charge on any atom is 0.119 e. The number of hydrogen-bond acceptors (Lipinski definition) is 2. The van der Waals surface area contributed by atoms with Gasteiger partial charge in [0, 0.05) is 0 Å². The molecule has 2 aromatic carbocycles. The molecule has 1 heterocycles. The Kier molecular flexibility index (Phi) is 5.93. The molecule has 0 aliphatic carbocycles. The van der Waals surface area contributed by atoms with Crippen molar-refractivity contribution >= 4 is 10.8 Å². The number of benzene rings is 2. The number of piperidine rings is 1. The Labute approximate surface area is 140 Å². The molecule has 2 nitrogen and oxygen atoms in total. The normalized spacial score (nSPS) is 16.7. The molecule has 2 heteroatoms. The number of fused-ring (bicyclic) bond motifs is 1. The van der Waals surface area contributed by atoms with Crippen LogP contribution >= 0.6 is 0 Å². The zero-order valence-corrected chi connectivity index (χ0v) is 14.3. The van der Waals surface area contributed by atoms with Gasteiger partial charge in [0.25, 0.3) is 0 Å². The van der Waals surface area contributed by atoms with E-state index in [0.717, 1.165) is 24.7 Å². The van der Waals surface area contributed by atoms with Gasteiger partial charge in [-0.05, 0) is 80.6 Å². The van der Waals surface area contributed by atoms with Gasteiger partial charge >= 0.3 is 0 Å². The average molecular weight is 311 g/mol. The highest BCUT2D eigenvalue weighted by atomic mass is 16.5. The van der Waals surface area contributed by atoms with E-state index in [2.05, 4.69) is 54.3 Å². The number of unbranched alkanes of at least 4 members (excludes halogenated alkanes) is 2. The van der Waals surface area contributed by atoms with Gasteiger partial charge in [0.1, 0.15) is 5.75 Å². The number of likely N-dealkylation sites (tertiary alicyclic amines) is 1. The Balaban J connectivity index is 1.31. The molecular weight excluding hydrogens is 282 g/mol. The Morgan fingerprint density at radius 2 is 1.74 bits per heavy atom. The Morgan fingerprint density at radius 1 is 0.957 bits per heavy atom.